The van der Waals surface area contributed by atoms with Crippen LogP contribution in [0.15, 0.2) is 85.8 Å². The molecule has 0 spiro atoms. The largest absolute Gasteiger partial charge is 0.388 e. The van der Waals surface area contributed by atoms with E-state index >= 15 is 4.39 Å². The van der Waals surface area contributed by atoms with Crippen LogP contribution in [0.5, 0.6) is 0 Å². The highest BCUT2D eigenvalue weighted by Gasteiger charge is 2.42. The van der Waals surface area contributed by atoms with Crippen molar-refractivity contribution in [1.29, 1.82) is 0 Å². The third-order valence-electron chi connectivity index (χ3n) is 7.33. The maximum absolute atomic E-state index is 15.2. The summed E-state index contributed by atoms with van der Waals surface area (Å²) in [6.45, 7) is 14.7. The average molecular weight is 624 g/mol. The average Bonchev–Trinajstić information content (AvgIpc) is 2.95. The van der Waals surface area contributed by atoms with Crippen LogP contribution in [-0.2, 0) is 12.0 Å². The fraction of sp³-hybridized carbons (Fsp3) is 0.441. The highest BCUT2D eigenvalue weighted by molar-refractivity contribution is 6.30. The van der Waals surface area contributed by atoms with E-state index in [1.54, 1.807) is 12.1 Å². The van der Waals surface area contributed by atoms with E-state index in [2.05, 4.69) is 35.7 Å². The first-order valence-electron chi connectivity index (χ1n) is 14.6. The van der Waals surface area contributed by atoms with Gasteiger partial charge >= 0.3 is 12.3 Å². The van der Waals surface area contributed by atoms with Crippen LogP contribution >= 0.6 is 11.6 Å². The smallest absolute Gasteiger partial charge is 0.311 e. The Morgan fingerprint density at radius 1 is 1.14 bits per heavy atom. The molecule has 0 amide bonds. The van der Waals surface area contributed by atoms with E-state index < -0.39 is 30.1 Å². The molecule has 0 saturated carbocycles. The van der Waals surface area contributed by atoms with Crippen LogP contribution in [0.25, 0.3) is 0 Å². The minimum Gasteiger partial charge on any atom is -0.388 e. The third kappa shape index (κ3) is 10.6. The van der Waals surface area contributed by atoms with Crippen molar-refractivity contribution < 1.29 is 22.0 Å². The van der Waals surface area contributed by atoms with Crippen LogP contribution in [0.2, 0.25) is 5.02 Å². The first kappa shape index (κ1) is 36.2. The Balaban J connectivity index is 2.74. The molecule has 0 aliphatic carbocycles. The SMILES string of the molecule is C=CCCNC(=C)C(CCC)C(C)N[C@@](CC/C=C\C=C/C)(c1cc(F)cc(CC(F)(F)C(F)F)c1)c1ccc(Cl)cn1. The molecule has 1 aromatic heterocycles. The maximum atomic E-state index is 15.2. The van der Waals surface area contributed by atoms with Gasteiger partial charge in [0.15, 0.2) is 0 Å². The summed E-state index contributed by atoms with van der Waals surface area (Å²) in [6.07, 6.45) is 8.94. The molecule has 236 valence electrons. The van der Waals surface area contributed by atoms with Gasteiger partial charge < -0.3 is 5.32 Å². The van der Waals surface area contributed by atoms with E-state index in [-0.39, 0.29) is 17.5 Å². The molecule has 43 heavy (non-hydrogen) atoms. The number of nitrogens with one attached hydrogen (secondary N) is 2. The highest BCUT2D eigenvalue weighted by atomic mass is 35.5. The maximum Gasteiger partial charge on any atom is 0.311 e. The highest BCUT2D eigenvalue weighted by Crippen LogP contribution is 2.38. The topological polar surface area (TPSA) is 37.0 Å². The molecule has 9 heteroatoms. The molecule has 0 saturated heterocycles. The van der Waals surface area contributed by atoms with Crippen molar-refractivity contribution in [3.8, 4) is 0 Å². The molecule has 3 nitrogen and oxygen atoms in total. The number of halogens is 6. The van der Waals surface area contributed by atoms with E-state index in [0.29, 0.717) is 35.7 Å². The van der Waals surface area contributed by atoms with E-state index in [1.807, 2.05) is 44.2 Å². The van der Waals surface area contributed by atoms with Gasteiger partial charge in [0, 0.05) is 36.8 Å². The zero-order valence-electron chi connectivity index (χ0n) is 25.2. The van der Waals surface area contributed by atoms with Crippen molar-refractivity contribution in [3.63, 3.8) is 0 Å². The standard InChI is InChI=1S/C34H43ClF5N3/c1-6-9-11-12-13-17-33(31-16-15-28(35)23-42-31,43-25(5)30(14-8-3)24(4)41-18-10-7-2)27-19-26(20-29(36)21-27)22-34(39,40)32(37)38/h6-7,9,11-12,15-16,19-21,23,25,30,32,41,43H,2,4,8,10,13-14,17-18,22H2,1,3,5H3/b9-6-,12-11-/t25?,30?,33-/m0/s1. The molecule has 2 N–H and O–H groups in total. The molecular formula is C34H43ClF5N3. The second-order valence-corrected chi connectivity index (χ2v) is 11.1. The van der Waals surface area contributed by atoms with Crippen LogP contribution in [0.1, 0.15) is 69.7 Å². The number of hydrogen-bond acceptors (Lipinski definition) is 3. The number of aromatic nitrogens is 1. The Morgan fingerprint density at radius 2 is 1.88 bits per heavy atom. The third-order valence-corrected chi connectivity index (χ3v) is 7.55. The van der Waals surface area contributed by atoms with Crippen molar-refractivity contribution in [2.45, 2.75) is 83.2 Å². The van der Waals surface area contributed by atoms with E-state index in [9.17, 15) is 17.6 Å². The number of nitrogens with zero attached hydrogens (tertiary/aromatic N) is 1. The normalized spacial score (nSPS) is 15.1. The lowest BCUT2D eigenvalue weighted by molar-refractivity contribution is -0.127. The van der Waals surface area contributed by atoms with Crippen molar-refractivity contribution in [2.75, 3.05) is 6.54 Å². The number of pyridine rings is 1. The molecule has 2 unspecified atom stereocenters. The fourth-order valence-electron chi connectivity index (χ4n) is 5.20. The van der Waals surface area contributed by atoms with Gasteiger partial charge in [-0.25, -0.2) is 13.2 Å². The van der Waals surface area contributed by atoms with Gasteiger partial charge in [0.25, 0.3) is 0 Å². The summed E-state index contributed by atoms with van der Waals surface area (Å²) in [5.41, 5.74) is 0.175. The number of rotatable bonds is 19. The minimum absolute atomic E-state index is 0.0590. The second kappa shape index (κ2) is 17.4. The first-order chi connectivity index (χ1) is 20.4. The van der Waals surface area contributed by atoms with Crippen LogP contribution in [-0.4, -0.2) is 29.9 Å². The molecule has 1 aromatic carbocycles. The molecular weight excluding hydrogens is 581 g/mol. The van der Waals surface area contributed by atoms with Gasteiger partial charge in [0.2, 0.25) is 0 Å². The number of benzene rings is 1. The zero-order valence-corrected chi connectivity index (χ0v) is 25.9. The van der Waals surface area contributed by atoms with Crippen LogP contribution in [0.4, 0.5) is 22.0 Å². The molecule has 0 aliphatic heterocycles. The molecule has 2 rings (SSSR count). The van der Waals surface area contributed by atoms with Crippen molar-refractivity contribution in [2.24, 2.45) is 5.92 Å². The quantitative estimate of drug-likeness (QED) is 0.0708. The number of alkyl halides is 4. The Bertz CT molecular complexity index is 1230. The lowest BCUT2D eigenvalue weighted by Crippen LogP contribution is -2.52. The predicted molar refractivity (Wildman–Crippen MR) is 167 cm³/mol. The minimum atomic E-state index is -4.32. The first-order valence-corrected chi connectivity index (χ1v) is 14.9. The lowest BCUT2D eigenvalue weighted by Gasteiger charge is -2.41. The Morgan fingerprint density at radius 3 is 2.49 bits per heavy atom. The molecule has 1 heterocycles. The Kier molecular flexibility index (Phi) is 14.6. The summed E-state index contributed by atoms with van der Waals surface area (Å²) in [4.78, 5) is 4.60. The van der Waals surface area contributed by atoms with Gasteiger partial charge in [-0.15, -0.1) is 6.58 Å². The molecule has 3 atom stereocenters. The summed E-state index contributed by atoms with van der Waals surface area (Å²) < 4.78 is 69.7. The summed E-state index contributed by atoms with van der Waals surface area (Å²) >= 11 is 6.18. The van der Waals surface area contributed by atoms with Crippen LogP contribution in [0, 0.1) is 11.7 Å². The summed E-state index contributed by atoms with van der Waals surface area (Å²) in [5, 5.41) is 7.45. The van der Waals surface area contributed by atoms with Gasteiger partial charge in [-0.05, 0) is 74.9 Å². The Hall–Kier alpha value is -2.97. The summed E-state index contributed by atoms with van der Waals surface area (Å²) in [6, 6.07) is 6.61. The van der Waals surface area contributed by atoms with Gasteiger partial charge in [0.1, 0.15) is 5.82 Å². The predicted octanol–water partition coefficient (Wildman–Crippen LogP) is 9.55. The lowest BCUT2D eigenvalue weighted by atomic mass is 9.78. The van der Waals surface area contributed by atoms with Gasteiger partial charge in [-0.3, -0.25) is 10.3 Å². The van der Waals surface area contributed by atoms with E-state index in [1.165, 1.54) is 18.3 Å². The van der Waals surface area contributed by atoms with Crippen LogP contribution in [0.3, 0.4) is 0 Å². The number of hydrogen-bond donors (Lipinski definition) is 2. The molecule has 2 aromatic rings. The van der Waals surface area contributed by atoms with Gasteiger partial charge in [0.05, 0.1) is 16.3 Å². The van der Waals surface area contributed by atoms with Gasteiger partial charge in [-0.2, -0.15) is 8.78 Å². The molecule has 0 aliphatic rings. The second-order valence-electron chi connectivity index (χ2n) is 10.7. The van der Waals surface area contributed by atoms with Crippen molar-refractivity contribution >= 4 is 11.6 Å². The monoisotopic (exact) mass is 623 g/mol. The summed E-state index contributed by atoms with van der Waals surface area (Å²) in [7, 11) is 0. The molecule has 0 bridgehead atoms. The molecule has 0 radical (unpaired) electrons. The summed E-state index contributed by atoms with van der Waals surface area (Å²) in [5.74, 6) is -5.19. The fourth-order valence-corrected chi connectivity index (χ4v) is 5.32. The number of allylic oxidation sites excluding steroid dienone is 4. The van der Waals surface area contributed by atoms with Crippen LogP contribution < -0.4 is 10.6 Å². The van der Waals surface area contributed by atoms with Gasteiger partial charge in [-0.1, -0.05) is 68.0 Å². The molecule has 0 fully saturated rings. The Labute approximate surface area is 258 Å². The van der Waals surface area contributed by atoms with E-state index in [4.69, 9.17) is 11.6 Å². The van der Waals surface area contributed by atoms with Crippen molar-refractivity contribution in [1.82, 2.24) is 15.6 Å². The van der Waals surface area contributed by atoms with E-state index in [0.717, 1.165) is 31.0 Å². The van der Waals surface area contributed by atoms with Crippen molar-refractivity contribution in [3.05, 3.63) is 113 Å². The zero-order chi connectivity index (χ0) is 32.0.